The van der Waals surface area contributed by atoms with E-state index < -0.39 is 11.0 Å². The van der Waals surface area contributed by atoms with E-state index in [1.165, 1.54) is 18.2 Å². The fraction of sp³-hybridized carbons (Fsp3) is 0.0588. The van der Waals surface area contributed by atoms with E-state index in [9.17, 15) is 14.9 Å². The number of carbonyl (C=O) groups is 1. The minimum atomic E-state index is -0.511. The highest BCUT2D eigenvalue weighted by Gasteiger charge is 2.09. The Balaban J connectivity index is 1.67. The number of nitro benzene ring substituents is 1. The van der Waals surface area contributed by atoms with Crippen LogP contribution in [0.5, 0.6) is 0 Å². The van der Waals surface area contributed by atoms with Gasteiger partial charge in [-0.2, -0.15) is 0 Å². The van der Waals surface area contributed by atoms with Crippen LogP contribution in [0.25, 0.3) is 10.8 Å². The van der Waals surface area contributed by atoms with Crippen molar-refractivity contribution < 1.29 is 9.72 Å². The first-order valence-electron chi connectivity index (χ1n) is 7.25. The van der Waals surface area contributed by atoms with Crippen LogP contribution >= 0.6 is 0 Å². The summed E-state index contributed by atoms with van der Waals surface area (Å²) >= 11 is 0. The van der Waals surface area contributed by atoms with E-state index in [-0.39, 0.29) is 12.2 Å². The smallest absolute Gasteiger partial charge is 0.319 e. The van der Waals surface area contributed by atoms with Gasteiger partial charge >= 0.3 is 6.03 Å². The number of nitrogens with one attached hydrogen (secondary N) is 2. The number of anilines is 1. The molecule has 2 aromatic carbocycles. The number of carbonyl (C=O) groups excluding carboxylic acids is 1. The molecule has 0 spiro atoms. The summed E-state index contributed by atoms with van der Waals surface area (Å²) < 4.78 is 0. The highest BCUT2D eigenvalue weighted by Crippen LogP contribution is 2.18. The molecule has 120 valence electrons. The first-order chi connectivity index (χ1) is 11.6. The lowest BCUT2D eigenvalue weighted by molar-refractivity contribution is -0.384. The van der Waals surface area contributed by atoms with E-state index in [2.05, 4.69) is 15.6 Å². The number of fused-ring (bicyclic) bond motifs is 1. The van der Waals surface area contributed by atoms with Gasteiger partial charge in [-0.3, -0.25) is 15.1 Å². The number of nitro groups is 1. The fourth-order valence-electron chi connectivity index (χ4n) is 2.36. The van der Waals surface area contributed by atoms with Crippen LogP contribution in [0.1, 0.15) is 5.69 Å². The Bertz CT molecular complexity index is 906. The molecule has 3 aromatic rings. The molecule has 7 nitrogen and oxygen atoms in total. The maximum Gasteiger partial charge on any atom is 0.319 e. The first-order valence-corrected chi connectivity index (χ1v) is 7.25. The summed E-state index contributed by atoms with van der Waals surface area (Å²) in [5.41, 5.74) is 1.03. The van der Waals surface area contributed by atoms with Crippen LogP contribution in [0.2, 0.25) is 0 Å². The number of nitrogens with zero attached hydrogens (tertiary/aromatic N) is 2. The fourth-order valence-corrected chi connectivity index (χ4v) is 2.36. The molecule has 0 radical (unpaired) electrons. The summed E-state index contributed by atoms with van der Waals surface area (Å²) in [6.07, 6.45) is 1.69. The number of amides is 2. The van der Waals surface area contributed by atoms with Gasteiger partial charge in [0.05, 0.1) is 17.2 Å². The van der Waals surface area contributed by atoms with Gasteiger partial charge in [-0.25, -0.2) is 4.79 Å². The molecular weight excluding hydrogens is 308 g/mol. The Morgan fingerprint density at radius 2 is 1.96 bits per heavy atom. The van der Waals surface area contributed by atoms with Crippen LogP contribution in [0, 0.1) is 10.1 Å². The number of non-ortho nitro benzene ring substituents is 1. The molecule has 0 aliphatic heterocycles. The van der Waals surface area contributed by atoms with Gasteiger partial charge in [0, 0.05) is 29.4 Å². The number of benzene rings is 2. The van der Waals surface area contributed by atoms with Crippen molar-refractivity contribution >= 4 is 28.2 Å². The van der Waals surface area contributed by atoms with Crippen molar-refractivity contribution in [3.05, 3.63) is 76.6 Å². The summed E-state index contributed by atoms with van der Waals surface area (Å²) in [6, 6.07) is 15.0. The van der Waals surface area contributed by atoms with Gasteiger partial charge in [0.1, 0.15) is 0 Å². The van der Waals surface area contributed by atoms with Crippen molar-refractivity contribution in [3.63, 3.8) is 0 Å². The Hall–Kier alpha value is -3.48. The van der Waals surface area contributed by atoms with Gasteiger partial charge in [0.2, 0.25) is 0 Å². The highest BCUT2D eigenvalue weighted by atomic mass is 16.6. The van der Waals surface area contributed by atoms with E-state index in [0.29, 0.717) is 5.69 Å². The lowest BCUT2D eigenvalue weighted by atomic mass is 10.1. The molecule has 0 saturated heterocycles. The molecule has 1 aromatic heterocycles. The van der Waals surface area contributed by atoms with Crippen molar-refractivity contribution in [1.29, 1.82) is 0 Å². The quantitative estimate of drug-likeness (QED) is 0.567. The van der Waals surface area contributed by atoms with E-state index in [4.69, 9.17) is 0 Å². The van der Waals surface area contributed by atoms with Crippen LogP contribution in [-0.4, -0.2) is 15.9 Å². The van der Waals surface area contributed by atoms with Crippen LogP contribution in [-0.2, 0) is 6.54 Å². The molecule has 1 heterocycles. The monoisotopic (exact) mass is 322 g/mol. The van der Waals surface area contributed by atoms with E-state index in [1.54, 1.807) is 12.3 Å². The second-order valence-corrected chi connectivity index (χ2v) is 5.09. The van der Waals surface area contributed by atoms with Crippen molar-refractivity contribution in [2.45, 2.75) is 6.54 Å². The Labute approximate surface area is 137 Å². The maximum absolute atomic E-state index is 12.0. The zero-order chi connectivity index (χ0) is 16.9. The third kappa shape index (κ3) is 3.46. The third-order valence-corrected chi connectivity index (χ3v) is 3.49. The van der Waals surface area contributed by atoms with Gasteiger partial charge in [-0.1, -0.05) is 30.3 Å². The molecule has 0 aliphatic rings. The van der Waals surface area contributed by atoms with Crippen molar-refractivity contribution in [1.82, 2.24) is 10.3 Å². The van der Waals surface area contributed by atoms with Gasteiger partial charge in [-0.15, -0.1) is 0 Å². The number of hydrogen-bond donors (Lipinski definition) is 2. The van der Waals surface area contributed by atoms with E-state index in [1.807, 2.05) is 30.3 Å². The van der Waals surface area contributed by atoms with Crippen LogP contribution in [0.15, 0.2) is 60.8 Å². The summed E-state index contributed by atoms with van der Waals surface area (Å²) in [5, 5.41) is 18.0. The molecule has 0 atom stereocenters. The average molecular weight is 322 g/mol. The molecule has 2 amide bonds. The Morgan fingerprint density at radius 1 is 1.12 bits per heavy atom. The second kappa shape index (κ2) is 6.74. The number of hydrogen-bond acceptors (Lipinski definition) is 4. The maximum atomic E-state index is 12.0. The predicted molar refractivity (Wildman–Crippen MR) is 90.7 cm³/mol. The molecule has 0 bridgehead atoms. The van der Waals surface area contributed by atoms with E-state index >= 15 is 0 Å². The summed E-state index contributed by atoms with van der Waals surface area (Å²) in [7, 11) is 0. The van der Waals surface area contributed by atoms with Crippen LogP contribution < -0.4 is 10.6 Å². The minimum Gasteiger partial charge on any atom is -0.332 e. The number of aromatic nitrogens is 1. The van der Waals surface area contributed by atoms with Gasteiger partial charge < -0.3 is 10.6 Å². The molecule has 7 heteroatoms. The lowest BCUT2D eigenvalue weighted by Crippen LogP contribution is -2.28. The van der Waals surface area contributed by atoms with E-state index in [0.717, 1.165) is 16.5 Å². The van der Waals surface area contributed by atoms with Crippen LogP contribution in [0.3, 0.4) is 0 Å². The van der Waals surface area contributed by atoms with Crippen molar-refractivity contribution in [2.75, 3.05) is 5.32 Å². The van der Waals surface area contributed by atoms with Crippen molar-refractivity contribution in [2.24, 2.45) is 0 Å². The zero-order valence-corrected chi connectivity index (χ0v) is 12.6. The molecular formula is C17H14N4O3. The SMILES string of the molecule is O=C(NCc1nccc2ccccc12)Nc1cccc([N+](=O)[O-])c1. The highest BCUT2D eigenvalue weighted by molar-refractivity contribution is 5.90. The lowest BCUT2D eigenvalue weighted by Gasteiger charge is -2.09. The summed E-state index contributed by atoms with van der Waals surface area (Å²) in [6.45, 7) is 0.252. The van der Waals surface area contributed by atoms with Crippen molar-refractivity contribution in [3.8, 4) is 0 Å². The number of pyridine rings is 1. The third-order valence-electron chi connectivity index (χ3n) is 3.49. The largest absolute Gasteiger partial charge is 0.332 e. The van der Waals surface area contributed by atoms with Crippen LogP contribution in [0.4, 0.5) is 16.2 Å². The molecule has 0 unspecified atom stereocenters. The number of rotatable bonds is 4. The predicted octanol–water partition coefficient (Wildman–Crippen LogP) is 3.46. The second-order valence-electron chi connectivity index (χ2n) is 5.09. The normalized spacial score (nSPS) is 10.3. The molecule has 2 N–H and O–H groups in total. The molecule has 0 aliphatic carbocycles. The number of urea groups is 1. The molecule has 0 fully saturated rings. The zero-order valence-electron chi connectivity index (χ0n) is 12.6. The summed E-state index contributed by atoms with van der Waals surface area (Å²) in [4.78, 5) is 26.5. The summed E-state index contributed by atoms with van der Waals surface area (Å²) in [5.74, 6) is 0. The molecule has 3 rings (SSSR count). The molecule has 24 heavy (non-hydrogen) atoms. The standard InChI is InChI=1S/C17H14N4O3/c22-17(20-13-5-3-6-14(10-13)21(23)24)19-11-16-15-7-2-1-4-12(15)8-9-18-16/h1-10H,11H2,(H2,19,20,22). The minimum absolute atomic E-state index is 0.0801. The topological polar surface area (TPSA) is 97.2 Å². The van der Waals surface area contributed by atoms with Gasteiger partial charge in [-0.05, 0) is 17.5 Å². The van der Waals surface area contributed by atoms with Gasteiger partial charge in [0.25, 0.3) is 5.69 Å². The average Bonchev–Trinajstić information content (AvgIpc) is 2.60. The van der Waals surface area contributed by atoms with Gasteiger partial charge in [0.15, 0.2) is 0 Å². The first kappa shape index (κ1) is 15.4. The Morgan fingerprint density at radius 3 is 2.79 bits per heavy atom. The molecule has 0 saturated carbocycles. The Kier molecular flexibility index (Phi) is 4.33.